The van der Waals surface area contributed by atoms with Crippen LogP contribution in [0.2, 0.25) is 0 Å². The number of hydrogen-bond acceptors (Lipinski definition) is 5. The maximum absolute atomic E-state index is 12.2. The molecule has 0 atom stereocenters. The zero-order chi connectivity index (χ0) is 15.7. The summed E-state index contributed by atoms with van der Waals surface area (Å²) in [6, 6.07) is 11.4. The van der Waals surface area contributed by atoms with Gasteiger partial charge in [-0.1, -0.05) is 12.1 Å². The van der Waals surface area contributed by atoms with Crippen molar-refractivity contribution in [2.45, 2.75) is 9.79 Å². The molecule has 0 aromatic heterocycles. The van der Waals surface area contributed by atoms with Gasteiger partial charge in [-0.2, -0.15) is 0 Å². The fraction of sp³-hybridized carbons (Fsp3) is 0.0769. The smallest absolute Gasteiger partial charge is 0.261 e. The van der Waals surface area contributed by atoms with Crippen LogP contribution >= 0.6 is 0 Å². The molecule has 0 heterocycles. The molecule has 0 aliphatic rings. The van der Waals surface area contributed by atoms with E-state index in [2.05, 4.69) is 4.72 Å². The zero-order valence-corrected chi connectivity index (χ0v) is 12.8. The number of sulfone groups is 1. The van der Waals surface area contributed by atoms with Crippen molar-refractivity contribution in [3.63, 3.8) is 0 Å². The van der Waals surface area contributed by atoms with Gasteiger partial charge in [0.2, 0.25) is 0 Å². The first-order valence-corrected chi connectivity index (χ1v) is 9.24. The fourth-order valence-corrected chi connectivity index (χ4v) is 3.46. The van der Waals surface area contributed by atoms with Crippen LogP contribution in [0.3, 0.4) is 0 Å². The summed E-state index contributed by atoms with van der Waals surface area (Å²) in [6.45, 7) is 0. The van der Waals surface area contributed by atoms with E-state index in [0.29, 0.717) is 5.69 Å². The van der Waals surface area contributed by atoms with Crippen LogP contribution in [0.25, 0.3) is 0 Å². The third-order valence-corrected chi connectivity index (χ3v) is 5.17. The van der Waals surface area contributed by atoms with Gasteiger partial charge in [0.15, 0.2) is 9.84 Å². The molecule has 6 nitrogen and oxygen atoms in total. The van der Waals surface area contributed by atoms with Crippen molar-refractivity contribution in [3.8, 4) is 0 Å². The molecule has 0 fully saturated rings. The molecule has 0 spiro atoms. The molecule has 0 radical (unpaired) electrons. The largest absolute Gasteiger partial charge is 0.399 e. The molecule has 2 aromatic rings. The van der Waals surface area contributed by atoms with E-state index in [1.165, 1.54) is 42.5 Å². The fourth-order valence-electron chi connectivity index (χ4n) is 1.69. The Balaban J connectivity index is 2.38. The lowest BCUT2D eigenvalue weighted by Gasteiger charge is -2.09. The minimum atomic E-state index is -3.82. The van der Waals surface area contributed by atoms with Crippen molar-refractivity contribution in [3.05, 3.63) is 48.5 Å². The molecule has 3 N–H and O–H groups in total. The molecule has 0 aliphatic heterocycles. The third kappa shape index (κ3) is 3.73. The van der Waals surface area contributed by atoms with E-state index in [-0.39, 0.29) is 15.5 Å². The summed E-state index contributed by atoms with van der Waals surface area (Å²) in [5.41, 5.74) is 6.05. The summed E-state index contributed by atoms with van der Waals surface area (Å²) < 4.78 is 49.7. The Morgan fingerprint density at radius 2 is 1.52 bits per heavy atom. The molecule has 2 rings (SSSR count). The highest BCUT2D eigenvalue weighted by molar-refractivity contribution is 7.92. The van der Waals surface area contributed by atoms with Crippen molar-refractivity contribution >= 4 is 31.2 Å². The summed E-state index contributed by atoms with van der Waals surface area (Å²) in [5.74, 6) is 0. The molecular formula is C13H14N2O4S2. The lowest BCUT2D eigenvalue weighted by Crippen LogP contribution is -2.13. The molecule has 112 valence electrons. The normalized spacial score (nSPS) is 12.0. The Bertz CT molecular complexity index is 875. The maximum atomic E-state index is 12.2. The topological polar surface area (TPSA) is 106 Å². The summed E-state index contributed by atoms with van der Waals surface area (Å²) in [4.78, 5) is 0.0440. The first-order chi connectivity index (χ1) is 9.68. The minimum absolute atomic E-state index is 0.00672. The monoisotopic (exact) mass is 326 g/mol. The lowest BCUT2D eigenvalue weighted by atomic mass is 10.3. The van der Waals surface area contributed by atoms with Gasteiger partial charge in [0.05, 0.1) is 15.5 Å². The van der Waals surface area contributed by atoms with Gasteiger partial charge in [0, 0.05) is 11.9 Å². The molecule has 0 unspecified atom stereocenters. The van der Waals surface area contributed by atoms with Gasteiger partial charge in [-0.3, -0.25) is 4.72 Å². The molecule has 0 amide bonds. The van der Waals surface area contributed by atoms with Crippen molar-refractivity contribution in [2.75, 3.05) is 16.7 Å². The van der Waals surface area contributed by atoms with Crippen molar-refractivity contribution in [2.24, 2.45) is 0 Å². The van der Waals surface area contributed by atoms with E-state index in [1.54, 1.807) is 6.07 Å². The van der Waals surface area contributed by atoms with Crippen LogP contribution in [0.4, 0.5) is 11.4 Å². The predicted molar refractivity (Wildman–Crippen MR) is 81.2 cm³/mol. The van der Waals surface area contributed by atoms with Crippen LogP contribution in [0.1, 0.15) is 0 Å². The number of nitrogens with two attached hydrogens (primary N) is 1. The molecule has 0 saturated heterocycles. The standard InChI is InChI=1S/C13H14N2O4S2/c1-20(16,17)12-6-3-5-11(9-12)15-21(18,19)13-7-2-4-10(14)8-13/h2-9,15H,14H2,1H3. The van der Waals surface area contributed by atoms with Crippen molar-refractivity contribution in [1.29, 1.82) is 0 Å². The summed E-state index contributed by atoms with van der Waals surface area (Å²) in [7, 11) is -7.23. The number of nitrogen functional groups attached to an aromatic ring is 1. The lowest BCUT2D eigenvalue weighted by molar-refractivity contribution is 0.599. The molecule has 21 heavy (non-hydrogen) atoms. The van der Waals surface area contributed by atoms with E-state index in [9.17, 15) is 16.8 Å². The number of benzene rings is 2. The molecule has 0 saturated carbocycles. The second-order valence-corrected chi connectivity index (χ2v) is 8.18. The second-order valence-electron chi connectivity index (χ2n) is 4.48. The first kappa shape index (κ1) is 15.3. The summed E-state index contributed by atoms with van der Waals surface area (Å²) in [6.07, 6.45) is 1.05. The molecule has 0 bridgehead atoms. The van der Waals surface area contributed by atoms with Gasteiger partial charge in [0.25, 0.3) is 10.0 Å². The van der Waals surface area contributed by atoms with Crippen LogP contribution in [0, 0.1) is 0 Å². The molecule has 8 heteroatoms. The van der Waals surface area contributed by atoms with E-state index < -0.39 is 19.9 Å². The Kier molecular flexibility index (Phi) is 3.93. The number of rotatable bonds is 4. The molecular weight excluding hydrogens is 312 g/mol. The quantitative estimate of drug-likeness (QED) is 0.828. The summed E-state index contributed by atoms with van der Waals surface area (Å²) >= 11 is 0. The minimum Gasteiger partial charge on any atom is -0.399 e. The van der Waals surface area contributed by atoms with Crippen molar-refractivity contribution in [1.82, 2.24) is 0 Å². The summed E-state index contributed by atoms with van der Waals surface area (Å²) in [5, 5.41) is 0. The molecule has 0 aliphatic carbocycles. The highest BCUT2D eigenvalue weighted by Gasteiger charge is 2.15. The van der Waals surface area contributed by atoms with Gasteiger partial charge in [-0.05, 0) is 36.4 Å². The molecule has 2 aromatic carbocycles. The number of anilines is 2. The third-order valence-electron chi connectivity index (χ3n) is 2.68. The highest BCUT2D eigenvalue weighted by atomic mass is 32.2. The van der Waals surface area contributed by atoms with E-state index in [0.717, 1.165) is 6.26 Å². The van der Waals surface area contributed by atoms with Crippen LogP contribution in [0.5, 0.6) is 0 Å². The Morgan fingerprint density at radius 3 is 2.14 bits per heavy atom. The van der Waals surface area contributed by atoms with Gasteiger partial charge < -0.3 is 5.73 Å². The average Bonchev–Trinajstić information content (AvgIpc) is 2.37. The number of nitrogens with one attached hydrogen (secondary N) is 1. The number of sulfonamides is 1. The second kappa shape index (κ2) is 5.38. The van der Waals surface area contributed by atoms with Crippen LogP contribution in [-0.4, -0.2) is 23.1 Å². The van der Waals surface area contributed by atoms with E-state index in [1.807, 2.05) is 0 Å². The van der Waals surface area contributed by atoms with Gasteiger partial charge >= 0.3 is 0 Å². The van der Waals surface area contributed by atoms with Gasteiger partial charge in [-0.25, -0.2) is 16.8 Å². The highest BCUT2D eigenvalue weighted by Crippen LogP contribution is 2.20. The Morgan fingerprint density at radius 1 is 0.905 bits per heavy atom. The predicted octanol–water partition coefficient (Wildman–Crippen LogP) is 1.47. The first-order valence-electron chi connectivity index (χ1n) is 5.87. The zero-order valence-electron chi connectivity index (χ0n) is 11.1. The van der Waals surface area contributed by atoms with Crippen molar-refractivity contribution < 1.29 is 16.8 Å². The van der Waals surface area contributed by atoms with Crippen LogP contribution in [0.15, 0.2) is 58.3 Å². The van der Waals surface area contributed by atoms with Gasteiger partial charge in [-0.15, -0.1) is 0 Å². The van der Waals surface area contributed by atoms with E-state index >= 15 is 0 Å². The van der Waals surface area contributed by atoms with E-state index in [4.69, 9.17) is 5.73 Å². The van der Waals surface area contributed by atoms with Crippen LogP contribution < -0.4 is 10.5 Å². The van der Waals surface area contributed by atoms with Gasteiger partial charge in [0.1, 0.15) is 0 Å². The Hall–Kier alpha value is -2.06. The maximum Gasteiger partial charge on any atom is 0.261 e. The SMILES string of the molecule is CS(=O)(=O)c1cccc(NS(=O)(=O)c2cccc(N)c2)c1. The Labute approximate surface area is 123 Å². The van der Waals surface area contributed by atoms with Crippen LogP contribution in [-0.2, 0) is 19.9 Å². The number of hydrogen-bond donors (Lipinski definition) is 2. The average molecular weight is 326 g/mol.